The maximum Gasteiger partial charge on any atom is 0.303 e. The van der Waals surface area contributed by atoms with Crippen molar-refractivity contribution < 1.29 is 9.90 Å². The summed E-state index contributed by atoms with van der Waals surface area (Å²) in [6, 6.07) is 8.17. The average molecular weight is 523 g/mol. The smallest absolute Gasteiger partial charge is 0.303 e. The fraction of sp³-hybridized carbons (Fsp3) is 0.700. The molecule has 8 heteroatoms. The zero-order valence-corrected chi connectivity index (χ0v) is 22.5. The molecule has 3 fully saturated rings. The van der Waals surface area contributed by atoms with Gasteiger partial charge in [-0.15, -0.1) is 0 Å². The number of piperidine rings is 2. The van der Waals surface area contributed by atoms with Crippen LogP contribution in [0.1, 0.15) is 121 Å². The first-order valence-electron chi connectivity index (χ1n) is 14.9. The highest BCUT2D eigenvalue weighted by atomic mass is 16.4. The summed E-state index contributed by atoms with van der Waals surface area (Å²) in [4.78, 5) is 44.2. The van der Waals surface area contributed by atoms with E-state index in [1.807, 2.05) is 28.8 Å². The van der Waals surface area contributed by atoms with Crippen molar-refractivity contribution in [2.45, 2.75) is 133 Å². The van der Waals surface area contributed by atoms with E-state index in [2.05, 4.69) is 15.1 Å². The Morgan fingerprint density at radius 3 is 2.13 bits per heavy atom. The van der Waals surface area contributed by atoms with E-state index < -0.39 is 12.0 Å². The molecule has 1 aromatic carbocycles. The monoisotopic (exact) mass is 522 g/mol. The molecule has 5 rings (SSSR count). The minimum Gasteiger partial charge on any atom is -0.481 e. The Bertz CT molecular complexity index is 1160. The highest BCUT2D eigenvalue weighted by molar-refractivity contribution is 5.75. The number of benzene rings is 1. The van der Waals surface area contributed by atoms with E-state index in [1.54, 1.807) is 0 Å². The van der Waals surface area contributed by atoms with Crippen molar-refractivity contribution in [3.8, 4) is 0 Å². The number of nitrogens with zero attached hydrogens (tertiary/aromatic N) is 4. The number of para-hydroxylation sites is 2. The molecule has 38 heavy (non-hydrogen) atoms. The van der Waals surface area contributed by atoms with Gasteiger partial charge in [-0.1, -0.05) is 68.7 Å². The minimum absolute atomic E-state index is 0.0230. The first-order valence-corrected chi connectivity index (χ1v) is 14.9. The summed E-state index contributed by atoms with van der Waals surface area (Å²) >= 11 is 0. The third kappa shape index (κ3) is 5.85. The summed E-state index contributed by atoms with van der Waals surface area (Å²) < 4.78 is 1.88. The van der Waals surface area contributed by atoms with Gasteiger partial charge in [-0.25, -0.2) is 4.98 Å². The zero-order chi connectivity index (χ0) is 26.5. The highest BCUT2D eigenvalue weighted by Crippen LogP contribution is 2.42. The molecular formula is C30H42N4O4. The van der Waals surface area contributed by atoms with Crippen LogP contribution in [-0.2, 0) is 4.79 Å². The molecule has 3 heterocycles. The Morgan fingerprint density at radius 1 is 0.895 bits per heavy atom. The molecule has 1 aromatic heterocycles. The molecule has 8 nitrogen and oxygen atoms in total. The number of rotatable bonds is 7. The minimum atomic E-state index is -1.06. The summed E-state index contributed by atoms with van der Waals surface area (Å²) in [6.45, 7) is 0. The summed E-state index contributed by atoms with van der Waals surface area (Å²) in [5.74, 6) is -1.01. The predicted molar refractivity (Wildman–Crippen MR) is 148 cm³/mol. The second-order valence-corrected chi connectivity index (χ2v) is 11.7. The summed E-state index contributed by atoms with van der Waals surface area (Å²) in [6.07, 6.45) is 17.2. The maximum absolute atomic E-state index is 13.9. The third-order valence-corrected chi connectivity index (χ3v) is 9.26. The first kappa shape index (κ1) is 27.0. The molecule has 3 atom stereocenters. The molecule has 1 saturated carbocycles. The molecule has 2 aliphatic heterocycles. The van der Waals surface area contributed by atoms with Crippen molar-refractivity contribution in [3.63, 3.8) is 0 Å². The van der Waals surface area contributed by atoms with Crippen molar-refractivity contribution >= 4 is 17.0 Å². The number of hydrogen-bond donors (Lipinski definition) is 1. The van der Waals surface area contributed by atoms with Crippen LogP contribution in [0.25, 0.3) is 11.0 Å². The van der Waals surface area contributed by atoms with Gasteiger partial charge in [0.15, 0.2) is 0 Å². The van der Waals surface area contributed by atoms with Gasteiger partial charge in [0.25, 0.3) is 5.56 Å². The fourth-order valence-corrected chi connectivity index (χ4v) is 7.53. The number of carboxylic acid groups (broad SMARTS) is 1. The number of aromatic nitrogens is 2. The molecule has 0 spiro atoms. The lowest BCUT2D eigenvalue weighted by molar-refractivity contribution is -0.137. The molecule has 3 aliphatic rings. The van der Waals surface area contributed by atoms with Crippen LogP contribution in [0.15, 0.2) is 34.2 Å². The summed E-state index contributed by atoms with van der Waals surface area (Å²) in [7, 11) is 0. The fourth-order valence-electron chi connectivity index (χ4n) is 7.53. The second-order valence-electron chi connectivity index (χ2n) is 11.7. The van der Waals surface area contributed by atoms with Gasteiger partial charge in [0.1, 0.15) is 11.7 Å². The van der Waals surface area contributed by atoms with Crippen LogP contribution in [0.4, 0.5) is 0 Å². The Kier molecular flexibility index (Phi) is 8.87. The number of carboxylic acids is 1. The van der Waals surface area contributed by atoms with Gasteiger partial charge >= 0.3 is 5.97 Å². The van der Waals surface area contributed by atoms with Crippen molar-refractivity contribution in [1.29, 1.82) is 0 Å². The number of fused-ring (bicyclic) bond motifs is 3. The van der Waals surface area contributed by atoms with Crippen LogP contribution >= 0.6 is 0 Å². The van der Waals surface area contributed by atoms with Gasteiger partial charge in [-0.3, -0.25) is 14.5 Å². The first-order chi connectivity index (χ1) is 18.6. The van der Waals surface area contributed by atoms with E-state index in [-0.39, 0.29) is 30.1 Å². The van der Waals surface area contributed by atoms with E-state index in [9.17, 15) is 14.5 Å². The normalized spacial score (nSPS) is 26.6. The van der Waals surface area contributed by atoms with Gasteiger partial charge < -0.3 is 9.67 Å². The number of nitroso groups, excluding NO2 is 1. The van der Waals surface area contributed by atoms with Gasteiger partial charge in [-0.2, -0.15) is 4.91 Å². The van der Waals surface area contributed by atoms with Gasteiger partial charge in [0.2, 0.25) is 0 Å². The Hall–Kier alpha value is -2.61. The van der Waals surface area contributed by atoms with Gasteiger partial charge in [-0.05, 0) is 57.1 Å². The van der Waals surface area contributed by atoms with Crippen LogP contribution in [0.2, 0.25) is 0 Å². The molecule has 206 valence electrons. The zero-order valence-electron chi connectivity index (χ0n) is 22.5. The van der Waals surface area contributed by atoms with Crippen LogP contribution in [0.3, 0.4) is 0 Å². The standard InChI is InChI=1S/C30H42N4O4/c35-28(36)18-17-26(32-38)29-30(37)34(27-16-9-8-15-25(27)31-29)24-19-22-13-10-14-23(20-24)33(22)21-11-6-4-2-1-3-5-7-12-21/h8-9,15-16,21-24,26H,1-7,10-14,17-20H2,(H,35,36). The highest BCUT2D eigenvalue weighted by Gasteiger charge is 2.42. The van der Waals surface area contributed by atoms with Crippen LogP contribution in [0, 0.1) is 4.91 Å². The van der Waals surface area contributed by atoms with Crippen molar-refractivity contribution in [2.75, 3.05) is 0 Å². The second kappa shape index (κ2) is 12.5. The lowest BCUT2D eigenvalue weighted by Gasteiger charge is -2.53. The lowest BCUT2D eigenvalue weighted by atomic mass is 9.79. The Morgan fingerprint density at radius 2 is 1.50 bits per heavy atom. The SMILES string of the molecule is O=NC(CCC(=O)O)c1nc2ccccc2n(C2CC3CCCC(C2)N3C2CCCCCCCCC2)c1=O. The van der Waals surface area contributed by atoms with Crippen molar-refractivity contribution in [2.24, 2.45) is 5.18 Å². The number of hydrogen-bond acceptors (Lipinski definition) is 6. The predicted octanol–water partition coefficient (Wildman–Crippen LogP) is 6.52. The maximum atomic E-state index is 13.9. The third-order valence-electron chi connectivity index (χ3n) is 9.26. The molecule has 2 bridgehead atoms. The molecule has 1 N–H and O–H groups in total. The Labute approximate surface area is 224 Å². The van der Waals surface area contributed by atoms with Crippen LogP contribution in [-0.4, -0.2) is 43.7 Å². The van der Waals surface area contributed by atoms with Crippen LogP contribution in [0.5, 0.6) is 0 Å². The molecular weight excluding hydrogens is 480 g/mol. The van der Waals surface area contributed by atoms with Crippen molar-refractivity contribution in [1.82, 2.24) is 14.5 Å². The van der Waals surface area contributed by atoms with Gasteiger partial charge in [0, 0.05) is 30.6 Å². The molecule has 2 saturated heterocycles. The lowest BCUT2D eigenvalue weighted by Crippen LogP contribution is -2.57. The van der Waals surface area contributed by atoms with Crippen LogP contribution < -0.4 is 5.56 Å². The Balaban J connectivity index is 1.46. The van der Waals surface area contributed by atoms with E-state index in [1.165, 1.54) is 77.0 Å². The number of carbonyl (C=O) groups is 1. The summed E-state index contributed by atoms with van der Waals surface area (Å²) in [5.41, 5.74) is 1.25. The summed E-state index contributed by atoms with van der Waals surface area (Å²) in [5, 5.41) is 12.3. The van der Waals surface area contributed by atoms with E-state index >= 15 is 0 Å². The quantitative estimate of drug-likeness (QED) is 0.415. The molecule has 2 aromatic rings. The largest absolute Gasteiger partial charge is 0.481 e. The van der Waals surface area contributed by atoms with E-state index in [0.717, 1.165) is 18.4 Å². The topological polar surface area (TPSA) is 105 Å². The van der Waals surface area contributed by atoms with Gasteiger partial charge in [0.05, 0.1) is 11.0 Å². The van der Waals surface area contributed by atoms with E-state index in [4.69, 9.17) is 5.11 Å². The average Bonchev–Trinajstić information content (AvgIpc) is 2.91. The molecule has 0 radical (unpaired) electrons. The van der Waals surface area contributed by atoms with Crippen molar-refractivity contribution in [3.05, 3.63) is 45.2 Å². The molecule has 0 amide bonds. The van der Waals surface area contributed by atoms with E-state index in [0.29, 0.717) is 23.6 Å². The number of aliphatic carboxylic acids is 1. The molecule has 3 unspecified atom stereocenters. The molecule has 1 aliphatic carbocycles.